The van der Waals surface area contributed by atoms with Crippen LogP contribution in [0.3, 0.4) is 0 Å². The monoisotopic (exact) mass is 312 g/mol. The van der Waals surface area contributed by atoms with Gasteiger partial charge < -0.3 is 10.5 Å². The predicted molar refractivity (Wildman–Crippen MR) is 80.0 cm³/mol. The minimum atomic E-state index is -3.36. The first-order valence-corrected chi connectivity index (χ1v) is 8.45. The normalized spacial score (nSPS) is 15.5. The molecule has 0 bridgehead atoms. The van der Waals surface area contributed by atoms with E-state index in [1.807, 2.05) is 18.2 Å². The fourth-order valence-electron chi connectivity index (χ4n) is 2.42. The molecule has 0 fully saturated rings. The highest BCUT2D eigenvalue weighted by atomic mass is 32.2. The van der Waals surface area contributed by atoms with Crippen LogP contribution in [0.1, 0.15) is 24.0 Å². The van der Waals surface area contributed by atoms with E-state index in [0.29, 0.717) is 25.2 Å². The van der Waals surface area contributed by atoms with E-state index in [9.17, 15) is 13.2 Å². The molecular formula is C14H20N2O4S. The van der Waals surface area contributed by atoms with E-state index in [4.69, 9.17) is 5.73 Å². The third-order valence-electron chi connectivity index (χ3n) is 3.61. The molecule has 2 N–H and O–H groups in total. The fraction of sp³-hybridized carbons (Fsp3) is 0.500. The summed E-state index contributed by atoms with van der Waals surface area (Å²) in [6.07, 6.45) is 1.08. The number of hydrogen-bond donors (Lipinski definition) is 1. The van der Waals surface area contributed by atoms with Gasteiger partial charge in [0, 0.05) is 25.2 Å². The molecule has 2 rings (SSSR count). The number of methoxy groups -OCH3 is 1. The Morgan fingerprint density at radius 3 is 2.86 bits per heavy atom. The Morgan fingerprint density at radius 1 is 1.38 bits per heavy atom. The largest absolute Gasteiger partial charge is 0.469 e. The molecule has 0 amide bonds. The van der Waals surface area contributed by atoms with E-state index in [2.05, 4.69) is 4.74 Å². The predicted octanol–water partition coefficient (Wildman–Crippen LogP) is 0.910. The highest BCUT2D eigenvalue weighted by molar-refractivity contribution is 7.89. The van der Waals surface area contributed by atoms with Crippen LogP contribution in [0.15, 0.2) is 18.2 Å². The molecule has 0 saturated heterocycles. The van der Waals surface area contributed by atoms with E-state index in [1.165, 1.54) is 11.4 Å². The molecule has 7 heteroatoms. The molecule has 116 valence electrons. The van der Waals surface area contributed by atoms with Gasteiger partial charge in [-0.05, 0) is 36.1 Å². The number of benzene rings is 1. The molecule has 1 aliphatic rings. The molecule has 1 aromatic rings. The zero-order chi connectivity index (χ0) is 15.5. The summed E-state index contributed by atoms with van der Waals surface area (Å²) >= 11 is 0. The topological polar surface area (TPSA) is 89.7 Å². The van der Waals surface area contributed by atoms with Gasteiger partial charge in [-0.1, -0.05) is 6.07 Å². The van der Waals surface area contributed by atoms with Crippen LogP contribution in [-0.2, 0) is 32.5 Å². The Morgan fingerprint density at radius 2 is 2.14 bits per heavy atom. The standard InChI is InChI=1S/C14H20N2O4S/c1-20-14(17)3-2-8-21(18,19)16-7-6-11-4-5-13(15)9-12(11)10-16/h4-5,9H,2-3,6-8,10,15H2,1H3. The van der Waals surface area contributed by atoms with Crippen molar-refractivity contribution < 1.29 is 17.9 Å². The molecule has 0 saturated carbocycles. The first-order chi connectivity index (χ1) is 9.92. The van der Waals surface area contributed by atoms with Crippen LogP contribution in [0.25, 0.3) is 0 Å². The Labute approximate surface area is 124 Å². The molecule has 0 unspecified atom stereocenters. The maximum Gasteiger partial charge on any atom is 0.305 e. The van der Waals surface area contributed by atoms with E-state index in [0.717, 1.165) is 11.1 Å². The van der Waals surface area contributed by atoms with E-state index in [-0.39, 0.29) is 24.6 Å². The van der Waals surface area contributed by atoms with Crippen LogP contribution >= 0.6 is 0 Å². The van der Waals surface area contributed by atoms with Crippen molar-refractivity contribution in [3.63, 3.8) is 0 Å². The minimum absolute atomic E-state index is 0.0419. The maximum absolute atomic E-state index is 12.3. The van der Waals surface area contributed by atoms with Crippen molar-refractivity contribution in [3.05, 3.63) is 29.3 Å². The lowest BCUT2D eigenvalue weighted by molar-refractivity contribution is -0.140. The number of ether oxygens (including phenoxy) is 1. The van der Waals surface area contributed by atoms with E-state index in [1.54, 1.807) is 0 Å². The zero-order valence-corrected chi connectivity index (χ0v) is 12.9. The van der Waals surface area contributed by atoms with Gasteiger partial charge >= 0.3 is 5.97 Å². The number of nitrogen functional groups attached to an aromatic ring is 1. The average molecular weight is 312 g/mol. The van der Waals surface area contributed by atoms with Gasteiger partial charge in [0.05, 0.1) is 12.9 Å². The summed E-state index contributed by atoms with van der Waals surface area (Å²) in [5.74, 6) is -0.429. The van der Waals surface area contributed by atoms with Crippen molar-refractivity contribution in [2.24, 2.45) is 0 Å². The molecule has 1 aromatic carbocycles. The van der Waals surface area contributed by atoms with Crippen LogP contribution in [0.4, 0.5) is 5.69 Å². The summed E-state index contributed by atoms with van der Waals surface area (Å²) in [4.78, 5) is 11.0. The van der Waals surface area contributed by atoms with Crippen molar-refractivity contribution in [1.29, 1.82) is 0 Å². The molecule has 0 aromatic heterocycles. The summed E-state index contributed by atoms with van der Waals surface area (Å²) < 4.78 is 30.6. The number of anilines is 1. The summed E-state index contributed by atoms with van der Waals surface area (Å²) in [7, 11) is -2.06. The molecule has 0 atom stereocenters. The number of nitrogens with two attached hydrogens (primary N) is 1. The van der Waals surface area contributed by atoms with Crippen molar-refractivity contribution in [2.75, 3.05) is 25.1 Å². The Balaban J connectivity index is 2.00. The summed E-state index contributed by atoms with van der Waals surface area (Å²) in [5.41, 5.74) is 8.48. The zero-order valence-electron chi connectivity index (χ0n) is 12.0. The van der Waals surface area contributed by atoms with Crippen LogP contribution in [0.2, 0.25) is 0 Å². The Hall–Kier alpha value is -1.60. The summed E-state index contributed by atoms with van der Waals surface area (Å²) in [6, 6.07) is 5.61. The van der Waals surface area contributed by atoms with Crippen LogP contribution in [-0.4, -0.2) is 38.1 Å². The number of carbonyl (C=O) groups excluding carboxylic acids is 1. The molecule has 0 aliphatic carbocycles. The summed E-state index contributed by atoms with van der Waals surface area (Å²) in [5, 5.41) is 0. The molecule has 1 heterocycles. The molecule has 21 heavy (non-hydrogen) atoms. The molecular weight excluding hydrogens is 292 g/mol. The van der Waals surface area contributed by atoms with Gasteiger partial charge in [0.1, 0.15) is 0 Å². The van der Waals surface area contributed by atoms with Gasteiger partial charge in [0.2, 0.25) is 10.0 Å². The van der Waals surface area contributed by atoms with Gasteiger partial charge in [-0.15, -0.1) is 0 Å². The number of nitrogens with zero attached hydrogens (tertiary/aromatic N) is 1. The second-order valence-corrected chi connectivity index (χ2v) is 7.20. The Kier molecular flexibility index (Phi) is 4.84. The van der Waals surface area contributed by atoms with Crippen LogP contribution < -0.4 is 5.73 Å². The highest BCUT2D eigenvalue weighted by Crippen LogP contribution is 2.23. The van der Waals surface area contributed by atoms with Gasteiger partial charge in [0.25, 0.3) is 0 Å². The fourth-order valence-corrected chi connectivity index (χ4v) is 3.89. The Bertz CT molecular complexity index is 628. The maximum atomic E-state index is 12.3. The van der Waals surface area contributed by atoms with Crippen molar-refractivity contribution in [3.8, 4) is 0 Å². The van der Waals surface area contributed by atoms with Crippen molar-refractivity contribution >= 4 is 21.7 Å². The number of sulfonamides is 1. The van der Waals surface area contributed by atoms with Crippen molar-refractivity contribution in [2.45, 2.75) is 25.8 Å². The van der Waals surface area contributed by atoms with Gasteiger partial charge in [-0.25, -0.2) is 8.42 Å². The third kappa shape index (κ3) is 3.95. The SMILES string of the molecule is COC(=O)CCCS(=O)(=O)N1CCc2ccc(N)cc2C1. The van der Waals surface area contributed by atoms with Crippen LogP contribution in [0.5, 0.6) is 0 Å². The lowest BCUT2D eigenvalue weighted by Crippen LogP contribution is -2.37. The number of hydrogen-bond acceptors (Lipinski definition) is 5. The quantitative estimate of drug-likeness (QED) is 0.645. The number of rotatable bonds is 5. The first-order valence-electron chi connectivity index (χ1n) is 6.84. The minimum Gasteiger partial charge on any atom is -0.469 e. The second-order valence-electron chi connectivity index (χ2n) is 5.11. The number of fused-ring (bicyclic) bond motifs is 1. The molecule has 1 aliphatic heterocycles. The molecule has 0 radical (unpaired) electrons. The third-order valence-corrected chi connectivity index (χ3v) is 5.51. The van der Waals surface area contributed by atoms with E-state index >= 15 is 0 Å². The highest BCUT2D eigenvalue weighted by Gasteiger charge is 2.26. The lowest BCUT2D eigenvalue weighted by atomic mass is 10.0. The average Bonchev–Trinajstić information content (AvgIpc) is 2.46. The lowest BCUT2D eigenvalue weighted by Gasteiger charge is -2.28. The summed E-state index contributed by atoms with van der Waals surface area (Å²) in [6.45, 7) is 0.818. The number of carbonyl (C=O) groups is 1. The van der Waals surface area contributed by atoms with Crippen LogP contribution in [0, 0.1) is 0 Å². The second kappa shape index (κ2) is 6.44. The van der Waals surface area contributed by atoms with Gasteiger partial charge in [0.15, 0.2) is 0 Å². The van der Waals surface area contributed by atoms with Gasteiger partial charge in [-0.3, -0.25) is 4.79 Å². The number of esters is 1. The molecule has 0 spiro atoms. The first kappa shape index (κ1) is 15.8. The van der Waals surface area contributed by atoms with Crippen molar-refractivity contribution in [1.82, 2.24) is 4.31 Å². The smallest absolute Gasteiger partial charge is 0.305 e. The van der Waals surface area contributed by atoms with Gasteiger partial charge in [-0.2, -0.15) is 4.31 Å². The van der Waals surface area contributed by atoms with E-state index < -0.39 is 10.0 Å². The molecule has 6 nitrogen and oxygen atoms in total.